The highest BCUT2D eigenvalue weighted by atomic mass is 32.1. The van der Waals surface area contributed by atoms with Gasteiger partial charge in [0.05, 0.1) is 18.2 Å². The number of hydrogen-bond donors (Lipinski definition) is 1. The van der Waals surface area contributed by atoms with Crippen LogP contribution in [0.4, 0.5) is 10.8 Å². The van der Waals surface area contributed by atoms with Crippen LogP contribution in [0, 0.1) is 17.0 Å². The fourth-order valence-electron chi connectivity index (χ4n) is 1.70. The molecule has 0 aliphatic heterocycles. The Hall–Kier alpha value is -2.81. The van der Waals surface area contributed by atoms with Crippen LogP contribution < -0.4 is 5.32 Å². The molecule has 0 saturated heterocycles. The van der Waals surface area contributed by atoms with Crippen molar-refractivity contribution in [2.45, 2.75) is 6.92 Å². The van der Waals surface area contributed by atoms with Gasteiger partial charge in [0.25, 0.3) is 11.6 Å². The van der Waals surface area contributed by atoms with Crippen LogP contribution >= 0.6 is 11.3 Å². The second-order valence-electron chi connectivity index (χ2n) is 4.23. The topological polar surface area (TPSA) is 111 Å². The summed E-state index contributed by atoms with van der Waals surface area (Å²) in [5, 5.41) is 13.5. The number of nitrogens with one attached hydrogen (secondary N) is 1. The Morgan fingerprint density at radius 1 is 1.41 bits per heavy atom. The molecule has 0 atom stereocenters. The minimum absolute atomic E-state index is 0.0567. The molecule has 1 aromatic carbocycles. The van der Waals surface area contributed by atoms with Gasteiger partial charge in [-0.1, -0.05) is 11.3 Å². The number of rotatable bonds is 4. The molecule has 8 nitrogen and oxygen atoms in total. The van der Waals surface area contributed by atoms with Crippen molar-refractivity contribution in [2.24, 2.45) is 0 Å². The minimum atomic E-state index is -0.538. The first kappa shape index (κ1) is 15.6. The molecule has 22 heavy (non-hydrogen) atoms. The summed E-state index contributed by atoms with van der Waals surface area (Å²) in [7, 11) is 1.25. The van der Waals surface area contributed by atoms with Crippen molar-refractivity contribution in [1.82, 2.24) is 4.98 Å². The molecule has 0 radical (unpaired) electrons. The van der Waals surface area contributed by atoms with E-state index in [1.165, 1.54) is 31.5 Å². The third kappa shape index (κ3) is 3.26. The van der Waals surface area contributed by atoms with Crippen LogP contribution in [0.15, 0.2) is 24.4 Å². The lowest BCUT2D eigenvalue weighted by Gasteiger charge is -2.03. The number of thiazole rings is 1. The lowest BCUT2D eigenvalue weighted by Crippen LogP contribution is -2.12. The molecule has 9 heteroatoms. The lowest BCUT2D eigenvalue weighted by molar-refractivity contribution is -0.385. The molecule has 0 saturated carbocycles. The van der Waals surface area contributed by atoms with Gasteiger partial charge in [-0.05, 0) is 19.1 Å². The van der Waals surface area contributed by atoms with Gasteiger partial charge in [-0.3, -0.25) is 20.2 Å². The number of anilines is 1. The van der Waals surface area contributed by atoms with Gasteiger partial charge in [0.1, 0.15) is 4.88 Å². The molecule has 1 aromatic heterocycles. The average Bonchev–Trinajstić information content (AvgIpc) is 2.94. The van der Waals surface area contributed by atoms with E-state index < -0.39 is 16.8 Å². The number of methoxy groups -OCH3 is 1. The van der Waals surface area contributed by atoms with Crippen LogP contribution in [0.5, 0.6) is 0 Å². The number of nitro benzene ring substituents is 1. The van der Waals surface area contributed by atoms with Gasteiger partial charge in [0.2, 0.25) is 0 Å². The Morgan fingerprint density at radius 3 is 2.73 bits per heavy atom. The number of aromatic nitrogens is 1. The van der Waals surface area contributed by atoms with Crippen molar-refractivity contribution in [3.63, 3.8) is 0 Å². The average molecular weight is 321 g/mol. The number of hydrogen-bond acceptors (Lipinski definition) is 7. The summed E-state index contributed by atoms with van der Waals surface area (Å²) in [6.45, 7) is 1.55. The molecule has 0 unspecified atom stereocenters. The Bertz CT molecular complexity index is 756. The van der Waals surface area contributed by atoms with Crippen LogP contribution in [0.2, 0.25) is 0 Å². The van der Waals surface area contributed by atoms with E-state index in [0.29, 0.717) is 5.56 Å². The molecule has 0 aliphatic rings. The third-order valence-electron chi connectivity index (χ3n) is 2.77. The van der Waals surface area contributed by atoms with Crippen molar-refractivity contribution in [3.05, 3.63) is 50.5 Å². The summed E-state index contributed by atoms with van der Waals surface area (Å²) in [5.41, 5.74) is 0.587. The van der Waals surface area contributed by atoms with E-state index in [1.807, 2.05) is 0 Å². The molecule has 1 heterocycles. The first-order valence-electron chi connectivity index (χ1n) is 6.03. The predicted octanol–water partition coefficient (Wildman–Crippen LogP) is 2.40. The maximum atomic E-state index is 12.1. The summed E-state index contributed by atoms with van der Waals surface area (Å²) in [6.07, 6.45) is 1.30. The zero-order valence-corrected chi connectivity index (χ0v) is 12.5. The molecular weight excluding hydrogens is 310 g/mol. The number of esters is 1. The van der Waals surface area contributed by atoms with E-state index in [1.54, 1.807) is 6.92 Å². The number of amides is 1. The SMILES string of the molecule is COC(=O)c1cnc(NC(=O)c2ccc([N+](=O)[O-])c(C)c2)s1. The van der Waals surface area contributed by atoms with Crippen molar-refractivity contribution >= 4 is 34.0 Å². The molecule has 0 aliphatic carbocycles. The van der Waals surface area contributed by atoms with E-state index in [2.05, 4.69) is 15.0 Å². The summed E-state index contributed by atoms with van der Waals surface area (Å²) < 4.78 is 4.55. The quantitative estimate of drug-likeness (QED) is 0.526. The number of nitro groups is 1. The Labute approximate surface area is 128 Å². The number of carbonyl (C=O) groups excluding carboxylic acids is 2. The lowest BCUT2D eigenvalue weighted by atomic mass is 10.1. The van der Waals surface area contributed by atoms with Gasteiger partial charge in [-0.15, -0.1) is 0 Å². The highest BCUT2D eigenvalue weighted by molar-refractivity contribution is 7.17. The molecule has 2 aromatic rings. The number of benzene rings is 1. The number of aryl methyl sites for hydroxylation is 1. The van der Waals surface area contributed by atoms with Crippen molar-refractivity contribution in [2.75, 3.05) is 12.4 Å². The second kappa shape index (κ2) is 6.31. The van der Waals surface area contributed by atoms with Crippen LogP contribution in [-0.4, -0.2) is 28.9 Å². The van der Waals surface area contributed by atoms with Crippen LogP contribution in [0.25, 0.3) is 0 Å². The largest absolute Gasteiger partial charge is 0.465 e. The summed E-state index contributed by atoms with van der Waals surface area (Å²) in [4.78, 5) is 37.8. The Balaban J connectivity index is 2.15. The third-order valence-corrected chi connectivity index (χ3v) is 3.66. The first-order valence-corrected chi connectivity index (χ1v) is 6.84. The Morgan fingerprint density at radius 2 is 2.14 bits per heavy atom. The minimum Gasteiger partial charge on any atom is -0.465 e. The zero-order chi connectivity index (χ0) is 16.3. The van der Waals surface area contributed by atoms with Gasteiger partial charge < -0.3 is 4.74 Å². The van der Waals surface area contributed by atoms with Gasteiger partial charge in [-0.25, -0.2) is 9.78 Å². The van der Waals surface area contributed by atoms with Crippen molar-refractivity contribution in [1.29, 1.82) is 0 Å². The van der Waals surface area contributed by atoms with E-state index in [0.717, 1.165) is 11.3 Å². The van der Waals surface area contributed by atoms with Crippen molar-refractivity contribution < 1.29 is 19.2 Å². The standard InChI is InChI=1S/C13H11N3O5S/c1-7-5-8(3-4-9(7)16(19)20)11(17)15-13-14-6-10(22-13)12(18)21-2/h3-6H,1-2H3,(H,14,15,17). The van der Waals surface area contributed by atoms with Crippen LogP contribution in [0.1, 0.15) is 25.6 Å². The van der Waals surface area contributed by atoms with E-state index in [4.69, 9.17) is 0 Å². The second-order valence-corrected chi connectivity index (χ2v) is 5.26. The van der Waals surface area contributed by atoms with E-state index >= 15 is 0 Å². The monoisotopic (exact) mass is 321 g/mol. The first-order chi connectivity index (χ1) is 10.4. The number of carbonyl (C=O) groups is 2. The highest BCUT2D eigenvalue weighted by Crippen LogP contribution is 2.22. The summed E-state index contributed by atoms with van der Waals surface area (Å²) >= 11 is 0.975. The fraction of sp³-hybridized carbons (Fsp3) is 0.154. The van der Waals surface area contributed by atoms with Gasteiger partial charge in [-0.2, -0.15) is 0 Å². The predicted molar refractivity (Wildman–Crippen MR) is 79.2 cm³/mol. The van der Waals surface area contributed by atoms with Crippen LogP contribution in [-0.2, 0) is 4.74 Å². The molecule has 0 bridgehead atoms. The molecule has 0 spiro atoms. The number of nitrogens with zero attached hydrogens (tertiary/aromatic N) is 2. The molecule has 1 amide bonds. The normalized spacial score (nSPS) is 10.1. The van der Waals surface area contributed by atoms with Gasteiger partial charge in [0.15, 0.2) is 5.13 Å². The molecule has 114 valence electrons. The zero-order valence-electron chi connectivity index (χ0n) is 11.7. The molecular formula is C13H11N3O5S. The molecule has 2 rings (SSSR count). The van der Waals surface area contributed by atoms with E-state index in [9.17, 15) is 19.7 Å². The fourth-order valence-corrected chi connectivity index (χ4v) is 2.43. The van der Waals surface area contributed by atoms with Crippen LogP contribution in [0.3, 0.4) is 0 Å². The van der Waals surface area contributed by atoms with Gasteiger partial charge in [0, 0.05) is 17.2 Å². The van der Waals surface area contributed by atoms with Crippen molar-refractivity contribution in [3.8, 4) is 0 Å². The van der Waals surface area contributed by atoms with Gasteiger partial charge >= 0.3 is 5.97 Å². The maximum Gasteiger partial charge on any atom is 0.349 e. The summed E-state index contributed by atoms with van der Waals surface area (Å²) in [5.74, 6) is -1.01. The smallest absolute Gasteiger partial charge is 0.349 e. The number of ether oxygens (including phenoxy) is 1. The molecule has 0 fully saturated rings. The highest BCUT2D eigenvalue weighted by Gasteiger charge is 2.16. The Kier molecular flexibility index (Phi) is 4.47. The maximum absolute atomic E-state index is 12.1. The van der Waals surface area contributed by atoms with E-state index in [-0.39, 0.29) is 21.3 Å². The molecule has 1 N–H and O–H groups in total. The summed E-state index contributed by atoms with van der Waals surface area (Å²) in [6, 6.07) is 4.05.